The Kier molecular flexibility index (Phi) is 3.70. The Bertz CT molecular complexity index is 284. The van der Waals surface area contributed by atoms with Crippen molar-refractivity contribution in [3.63, 3.8) is 0 Å². The van der Waals surface area contributed by atoms with Crippen LogP contribution in [0.5, 0.6) is 0 Å². The van der Waals surface area contributed by atoms with E-state index in [1.54, 1.807) is 0 Å². The second-order valence-electron chi connectivity index (χ2n) is 3.47. The van der Waals surface area contributed by atoms with Gasteiger partial charge in [0.1, 0.15) is 5.15 Å². The van der Waals surface area contributed by atoms with E-state index in [4.69, 9.17) is 17.3 Å². The number of rotatable bonds is 3. The average Bonchev–Trinajstić information content (AvgIpc) is 2.07. The number of aromatic nitrogens is 1. The van der Waals surface area contributed by atoms with Gasteiger partial charge in [-0.3, -0.25) is 0 Å². The van der Waals surface area contributed by atoms with Gasteiger partial charge in [0.2, 0.25) is 0 Å². The summed E-state index contributed by atoms with van der Waals surface area (Å²) in [5, 5.41) is 0.588. The molecule has 2 nitrogen and oxygen atoms in total. The maximum Gasteiger partial charge on any atom is 0.131 e. The lowest BCUT2D eigenvalue weighted by atomic mass is 10.1. The van der Waals surface area contributed by atoms with Crippen molar-refractivity contribution in [2.45, 2.75) is 32.7 Å². The third kappa shape index (κ3) is 3.33. The molecule has 1 aromatic rings. The van der Waals surface area contributed by atoms with E-state index in [2.05, 4.69) is 11.1 Å². The Morgan fingerprint density at radius 2 is 2.31 bits per heavy atom. The minimum Gasteiger partial charge on any atom is -0.328 e. The van der Waals surface area contributed by atoms with Crippen molar-refractivity contribution in [3.05, 3.63) is 28.5 Å². The van der Waals surface area contributed by atoms with Gasteiger partial charge in [0.15, 0.2) is 0 Å². The van der Waals surface area contributed by atoms with Gasteiger partial charge in [-0.1, -0.05) is 17.7 Å². The molecule has 1 aromatic heterocycles. The molecule has 72 valence electrons. The lowest BCUT2D eigenvalue weighted by Crippen LogP contribution is -2.15. The molecule has 0 aliphatic carbocycles. The quantitative estimate of drug-likeness (QED) is 0.758. The van der Waals surface area contributed by atoms with Gasteiger partial charge in [-0.05, 0) is 37.8 Å². The summed E-state index contributed by atoms with van der Waals surface area (Å²) in [7, 11) is 0. The van der Waals surface area contributed by atoms with Crippen molar-refractivity contribution in [1.29, 1.82) is 0 Å². The summed E-state index contributed by atoms with van der Waals surface area (Å²) in [6, 6.07) is 2.31. The van der Waals surface area contributed by atoms with Crippen LogP contribution in [0.4, 0.5) is 0 Å². The molecule has 3 heteroatoms. The van der Waals surface area contributed by atoms with Crippen LogP contribution in [0.1, 0.15) is 24.5 Å². The molecule has 0 saturated heterocycles. The maximum atomic E-state index is 5.81. The Morgan fingerprint density at radius 1 is 1.62 bits per heavy atom. The van der Waals surface area contributed by atoms with Crippen LogP contribution >= 0.6 is 11.6 Å². The van der Waals surface area contributed by atoms with E-state index in [0.717, 1.165) is 18.4 Å². The summed E-state index contributed by atoms with van der Waals surface area (Å²) >= 11 is 5.81. The summed E-state index contributed by atoms with van der Waals surface area (Å²) < 4.78 is 0. The average molecular weight is 199 g/mol. The first-order valence-corrected chi connectivity index (χ1v) is 4.84. The topological polar surface area (TPSA) is 38.9 Å². The molecule has 0 unspecified atom stereocenters. The zero-order valence-corrected chi connectivity index (χ0v) is 8.80. The van der Waals surface area contributed by atoms with Crippen LogP contribution in [-0.4, -0.2) is 11.0 Å². The summed E-state index contributed by atoms with van der Waals surface area (Å²) in [5.74, 6) is 0. The van der Waals surface area contributed by atoms with Crippen LogP contribution in [0, 0.1) is 6.92 Å². The molecule has 0 aliphatic heterocycles. The molecule has 0 aliphatic rings. The van der Waals surface area contributed by atoms with E-state index in [1.165, 1.54) is 5.56 Å². The van der Waals surface area contributed by atoms with Crippen LogP contribution in [0.3, 0.4) is 0 Å². The summed E-state index contributed by atoms with van der Waals surface area (Å²) in [6.07, 6.45) is 3.78. The normalized spacial score (nSPS) is 12.9. The smallest absolute Gasteiger partial charge is 0.131 e. The minimum absolute atomic E-state index is 0.246. The van der Waals surface area contributed by atoms with Crippen molar-refractivity contribution >= 4 is 11.6 Å². The molecule has 0 amide bonds. The highest BCUT2D eigenvalue weighted by molar-refractivity contribution is 6.30. The van der Waals surface area contributed by atoms with Crippen LogP contribution in [0.2, 0.25) is 5.15 Å². The molecule has 0 radical (unpaired) electrons. The molecular formula is C10H15ClN2. The maximum absolute atomic E-state index is 5.81. The zero-order valence-electron chi connectivity index (χ0n) is 8.05. The number of nitrogens with two attached hydrogens (primary N) is 1. The molecular weight excluding hydrogens is 184 g/mol. The van der Waals surface area contributed by atoms with Crippen LogP contribution < -0.4 is 5.73 Å². The van der Waals surface area contributed by atoms with E-state index in [9.17, 15) is 0 Å². The fraction of sp³-hybridized carbons (Fsp3) is 0.500. The molecule has 1 atom stereocenters. The molecule has 0 bridgehead atoms. The first-order chi connectivity index (χ1) is 6.09. The van der Waals surface area contributed by atoms with Crippen molar-refractivity contribution < 1.29 is 0 Å². The molecule has 2 N–H and O–H groups in total. The summed E-state index contributed by atoms with van der Waals surface area (Å²) in [6.45, 7) is 3.97. The van der Waals surface area contributed by atoms with Gasteiger partial charge < -0.3 is 5.73 Å². The number of halogens is 1. The minimum atomic E-state index is 0.246. The standard InChI is InChI=1S/C10H15ClN2/c1-7-5-9(4-3-8(2)12)6-13-10(7)11/h5-6,8H,3-4,12H2,1-2H3/t8-/m0/s1. The first kappa shape index (κ1) is 10.5. The Morgan fingerprint density at radius 3 is 2.85 bits per heavy atom. The van der Waals surface area contributed by atoms with Crippen molar-refractivity contribution in [1.82, 2.24) is 4.98 Å². The lowest BCUT2D eigenvalue weighted by molar-refractivity contribution is 0.665. The van der Waals surface area contributed by atoms with Crippen LogP contribution in [0.25, 0.3) is 0 Å². The number of hydrogen-bond donors (Lipinski definition) is 1. The second-order valence-corrected chi connectivity index (χ2v) is 3.83. The van der Waals surface area contributed by atoms with E-state index >= 15 is 0 Å². The van der Waals surface area contributed by atoms with Crippen molar-refractivity contribution in [3.8, 4) is 0 Å². The van der Waals surface area contributed by atoms with Crippen LogP contribution in [0.15, 0.2) is 12.3 Å². The van der Waals surface area contributed by atoms with Crippen molar-refractivity contribution in [2.75, 3.05) is 0 Å². The third-order valence-corrected chi connectivity index (χ3v) is 2.36. The molecule has 1 rings (SSSR count). The lowest BCUT2D eigenvalue weighted by Gasteiger charge is -2.05. The summed E-state index contributed by atoms with van der Waals surface area (Å²) in [5.41, 5.74) is 7.90. The van der Waals surface area contributed by atoms with Crippen LogP contribution in [-0.2, 0) is 6.42 Å². The van der Waals surface area contributed by atoms with Gasteiger partial charge in [0.25, 0.3) is 0 Å². The van der Waals surface area contributed by atoms with Gasteiger partial charge in [-0.15, -0.1) is 0 Å². The third-order valence-electron chi connectivity index (χ3n) is 1.96. The number of hydrogen-bond acceptors (Lipinski definition) is 2. The molecule has 1 heterocycles. The Balaban J connectivity index is 2.63. The Labute approximate surface area is 84.1 Å². The zero-order chi connectivity index (χ0) is 9.84. The molecule has 0 spiro atoms. The molecule has 0 aromatic carbocycles. The highest BCUT2D eigenvalue weighted by Crippen LogP contribution is 2.13. The predicted molar refractivity (Wildman–Crippen MR) is 56.0 cm³/mol. The fourth-order valence-corrected chi connectivity index (χ4v) is 1.25. The number of aryl methyl sites for hydroxylation is 2. The highest BCUT2D eigenvalue weighted by atomic mass is 35.5. The largest absolute Gasteiger partial charge is 0.328 e. The predicted octanol–water partition coefficient (Wildman–Crippen LogP) is 2.32. The molecule has 0 fully saturated rings. The van der Waals surface area contributed by atoms with Gasteiger partial charge in [0.05, 0.1) is 0 Å². The molecule has 0 saturated carbocycles. The van der Waals surface area contributed by atoms with Crippen molar-refractivity contribution in [2.24, 2.45) is 5.73 Å². The number of nitrogens with zero attached hydrogens (tertiary/aromatic N) is 1. The monoisotopic (exact) mass is 198 g/mol. The highest BCUT2D eigenvalue weighted by Gasteiger charge is 2.00. The molecule has 13 heavy (non-hydrogen) atoms. The SMILES string of the molecule is Cc1cc(CC[C@H](C)N)cnc1Cl. The van der Waals surface area contributed by atoms with E-state index < -0.39 is 0 Å². The summed E-state index contributed by atoms with van der Waals surface area (Å²) in [4.78, 5) is 4.08. The Hall–Kier alpha value is -0.600. The second kappa shape index (κ2) is 4.58. The van der Waals surface area contributed by atoms with Gasteiger partial charge >= 0.3 is 0 Å². The first-order valence-electron chi connectivity index (χ1n) is 4.46. The van der Waals surface area contributed by atoms with Gasteiger partial charge in [0, 0.05) is 12.2 Å². The van der Waals surface area contributed by atoms with E-state index in [-0.39, 0.29) is 6.04 Å². The van der Waals surface area contributed by atoms with E-state index in [1.807, 2.05) is 20.0 Å². The van der Waals surface area contributed by atoms with Gasteiger partial charge in [-0.2, -0.15) is 0 Å². The number of pyridine rings is 1. The van der Waals surface area contributed by atoms with Gasteiger partial charge in [-0.25, -0.2) is 4.98 Å². The fourth-order valence-electron chi connectivity index (χ4n) is 1.15. The van der Waals surface area contributed by atoms with E-state index in [0.29, 0.717) is 5.15 Å².